The lowest BCUT2D eigenvalue weighted by Gasteiger charge is -2.22. The zero-order valence-corrected chi connectivity index (χ0v) is 11.2. The lowest BCUT2D eigenvalue weighted by atomic mass is 10.1. The van der Waals surface area contributed by atoms with Crippen LogP contribution in [0.3, 0.4) is 0 Å². The highest BCUT2D eigenvalue weighted by Gasteiger charge is 2.13. The normalized spacial score (nSPS) is 16.4. The Kier molecular flexibility index (Phi) is 5.84. The van der Waals surface area contributed by atoms with Crippen LogP contribution in [-0.2, 0) is 16.0 Å². The van der Waals surface area contributed by atoms with Crippen molar-refractivity contribution in [2.75, 3.05) is 26.2 Å². The van der Waals surface area contributed by atoms with Crippen LogP contribution >= 0.6 is 0 Å². The number of piperidine rings is 1. The largest absolute Gasteiger partial charge is 0.378 e. The molecule has 1 amide bonds. The molecule has 106 valence electrons. The van der Waals surface area contributed by atoms with E-state index in [0.717, 1.165) is 38.2 Å². The number of rotatable bonds is 7. The minimum Gasteiger partial charge on any atom is -0.378 e. The lowest BCUT2D eigenvalue weighted by molar-refractivity contribution is -0.122. The van der Waals surface area contributed by atoms with Gasteiger partial charge in [-0.1, -0.05) is 0 Å². The molecule has 19 heavy (non-hydrogen) atoms. The molecule has 0 saturated carbocycles. The molecule has 1 fully saturated rings. The van der Waals surface area contributed by atoms with Crippen molar-refractivity contribution in [2.24, 2.45) is 0 Å². The Bertz CT molecular complexity index is 361. The number of carbonyl (C=O) groups excluding carboxylic acids is 1. The molecule has 0 unspecified atom stereocenters. The Morgan fingerprint density at radius 1 is 1.47 bits per heavy atom. The van der Waals surface area contributed by atoms with E-state index >= 15 is 0 Å². The van der Waals surface area contributed by atoms with Crippen molar-refractivity contribution < 1.29 is 9.53 Å². The first-order chi connectivity index (χ1) is 9.34. The second kappa shape index (κ2) is 7.91. The molecule has 0 aliphatic carbocycles. The van der Waals surface area contributed by atoms with Crippen LogP contribution in [0.2, 0.25) is 0 Å². The molecular weight excluding hydrogens is 244 g/mol. The fourth-order valence-corrected chi connectivity index (χ4v) is 2.12. The van der Waals surface area contributed by atoms with Gasteiger partial charge in [0.2, 0.25) is 5.91 Å². The van der Waals surface area contributed by atoms with Gasteiger partial charge in [-0.25, -0.2) is 4.98 Å². The van der Waals surface area contributed by atoms with Gasteiger partial charge < -0.3 is 20.4 Å². The second-order valence-electron chi connectivity index (χ2n) is 4.71. The first-order valence-corrected chi connectivity index (χ1v) is 6.92. The summed E-state index contributed by atoms with van der Waals surface area (Å²) in [5, 5.41) is 6.15. The second-order valence-corrected chi connectivity index (χ2v) is 4.71. The smallest absolute Gasteiger partial charge is 0.222 e. The van der Waals surface area contributed by atoms with E-state index in [1.165, 1.54) is 0 Å². The monoisotopic (exact) mass is 266 g/mol. The van der Waals surface area contributed by atoms with E-state index < -0.39 is 0 Å². The highest BCUT2D eigenvalue weighted by molar-refractivity contribution is 5.75. The Morgan fingerprint density at radius 2 is 2.32 bits per heavy atom. The highest BCUT2D eigenvalue weighted by atomic mass is 16.5. The van der Waals surface area contributed by atoms with Crippen LogP contribution in [-0.4, -0.2) is 48.2 Å². The number of H-pyrrole nitrogens is 1. The Labute approximate surface area is 113 Å². The molecule has 2 rings (SSSR count). The van der Waals surface area contributed by atoms with Crippen molar-refractivity contribution >= 4 is 5.91 Å². The summed E-state index contributed by atoms with van der Waals surface area (Å²) in [5.74, 6) is 0.937. The standard InChI is InChI=1S/C13H22N4O2/c18-13(17-7-3-12-15-8-9-16-12)4-10-19-11-1-5-14-6-2-11/h8-9,11,14H,1-7,10H2,(H,15,16)(H,17,18). The third-order valence-corrected chi connectivity index (χ3v) is 3.21. The number of hydrogen-bond donors (Lipinski definition) is 3. The molecule has 1 aromatic heterocycles. The quantitative estimate of drug-likeness (QED) is 0.660. The number of nitrogens with zero attached hydrogens (tertiary/aromatic N) is 1. The average Bonchev–Trinajstić information content (AvgIpc) is 2.93. The van der Waals surface area contributed by atoms with Gasteiger partial charge in [-0.15, -0.1) is 0 Å². The van der Waals surface area contributed by atoms with Gasteiger partial charge in [-0.2, -0.15) is 0 Å². The van der Waals surface area contributed by atoms with Crippen LogP contribution in [0, 0.1) is 0 Å². The van der Waals surface area contributed by atoms with Crippen molar-refractivity contribution in [1.82, 2.24) is 20.6 Å². The van der Waals surface area contributed by atoms with E-state index in [0.29, 0.717) is 25.7 Å². The van der Waals surface area contributed by atoms with E-state index in [2.05, 4.69) is 20.6 Å². The first kappa shape index (κ1) is 14.0. The maximum Gasteiger partial charge on any atom is 0.222 e. The molecule has 1 aromatic rings. The number of imidazole rings is 1. The molecule has 0 aromatic carbocycles. The van der Waals surface area contributed by atoms with Gasteiger partial charge >= 0.3 is 0 Å². The molecule has 6 heteroatoms. The Balaban J connectivity index is 1.49. The van der Waals surface area contributed by atoms with Crippen LogP contribution in [0.15, 0.2) is 12.4 Å². The number of aromatic nitrogens is 2. The third kappa shape index (κ3) is 5.40. The molecule has 1 saturated heterocycles. The Morgan fingerprint density at radius 3 is 3.05 bits per heavy atom. The van der Waals surface area contributed by atoms with Gasteiger partial charge in [0.25, 0.3) is 0 Å². The summed E-state index contributed by atoms with van der Waals surface area (Å²) >= 11 is 0. The summed E-state index contributed by atoms with van der Waals surface area (Å²) < 4.78 is 5.69. The topological polar surface area (TPSA) is 79.0 Å². The summed E-state index contributed by atoms with van der Waals surface area (Å²) in [4.78, 5) is 18.7. The number of nitrogens with one attached hydrogen (secondary N) is 3. The molecular formula is C13H22N4O2. The van der Waals surface area contributed by atoms with Crippen molar-refractivity contribution in [3.8, 4) is 0 Å². The lowest BCUT2D eigenvalue weighted by Crippen LogP contribution is -2.33. The maximum atomic E-state index is 11.6. The van der Waals surface area contributed by atoms with E-state index in [1.807, 2.05) is 0 Å². The summed E-state index contributed by atoms with van der Waals surface area (Å²) in [6.45, 7) is 3.15. The van der Waals surface area contributed by atoms with Gasteiger partial charge in [0.05, 0.1) is 12.7 Å². The first-order valence-electron chi connectivity index (χ1n) is 6.92. The van der Waals surface area contributed by atoms with Crippen molar-refractivity contribution in [1.29, 1.82) is 0 Å². The number of carbonyl (C=O) groups is 1. The van der Waals surface area contributed by atoms with Crippen molar-refractivity contribution in [3.05, 3.63) is 18.2 Å². The minimum atomic E-state index is 0.0421. The molecule has 3 N–H and O–H groups in total. The van der Waals surface area contributed by atoms with E-state index in [1.54, 1.807) is 12.4 Å². The number of hydrogen-bond acceptors (Lipinski definition) is 4. The highest BCUT2D eigenvalue weighted by Crippen LogP contribution is 2.07. The summed E-state index contributed by atoms with van der Waals surface area (Å²) in [7, 11) is 0. The average molecular weight is 266 g/mol. The molecule has 0 atom stereocenters. The molecule has 6 nitrogen and oxygen atoms in total. The third-order valence-electron chi connectivity index (χ3n) is 3.21. The van der Waals surface area contributed by atoms with Crippen LogP contribution in [0.1, 0.15) is 25.1 Å². The van der Waals surface area contributed by atoms with Crippen LogP contribution in [0.5, 0.6) is 0 Å². The fourth-order valence-electron chi connectivity index (χ4n) is 2.12. The molecule has 1 aliphatic rings. The van der Waals surface area contributed by atoms with Gasteiger partial charge in [-0.05, 0) is 25.9 Å². The van der Waals surface area contributed by atoms with Crippen LogP contribution in [0.4, 0.5) is 0 Å². The maximum absolute atomic E-state index is 11.6. The fraction of sp³-hybridized carbons (Fsp3) is 0.692. The number of amides is 1. The van der Waals surface area contributed by atoms with Gasteiger partial charge in [0.15, 0.2) is 0 Å². The molecule has 0 radical (unpaired) electrons. The summed E-state index contributed by atoms with van der Waals surface area (Å²) in [5.41, 5.74) is 0. The minimum absolute atomic E-state index is 0.0421. The Hall–Kier alpha value is -1.40. The molecule has 0 spiro atoms. The zero-order chi connectivity index (χ0) is 13.3. The van der Waals surface area contributed by atoms with E-state index in [9.17, 15) is 4.79 Å². The SMILES string of the molecule is O=C(CCOC1CCNCC1)NCCc1ncc[nH]1. The van der Waals surface area contributed by atoms with Gasteiger partial charge in [-0.3, -0.25) is 4.79 Å². The van der Waals surface area contributed by atoms with E-state index in [-0.39, 0.29) is 5.91 Å². The molecule has 0 bridgehead atoms. The molecule has 2 heterocycles. The number of ether oxygens (including phenoxy) is 1. The zero-order valence-electron chi connectivity index (χ0n) is 11.2. The molecule has 1 aliphatic heterocycles. The van der Waals surface area contributed by atoms with Crippen LogP contribution < -0.4 is 10.6 Å². The van der Waals surface area contributed by atoms with Crippen LogP contribution in [0.25, 0.3) is 0 Å². The van der Waals surface area contributed by atoms with Crippen molar-refractivity contribution in [2.45, 2.75) is 31.8 Å². The summed E-state index contributed by atoms with van der Waals surface area (Å²) in [6, 6.07) is 0. The van der Waals surface area contributed by atoms with E-state index in [4.69, 9.17) is 4.74 Å². The van der Waals surface area contributed by atoms with Crippen molar-refractivity contribution in [3.63, 3.8) is 0 Å². The van der Waals surface area contributed by atoms with Gasteiger partial charge in [0, 0.05) is 31.8 Å². The summed E-state index contributed by atoms with van der Waals surface area (Å²) in [6.07, 6.45) is 7.06. The number of aromatic amines is 1. The predicted molar refractivity (Wildman–Crippen MR) is 71.8 cm³/mol. The van der Waals surface area contributed by atoms with Gasteiger partial charge in [0.1, 0.15) is 5.82 Å². The predicted octanol–water partition coefficient (Wildman–Crippen LogP) is 0.227.